The second-order valence-electron chi connectivity index (χ2n) is 5.05. The van der Waals surface area contributed by atoms with E-state index < -0.39 is 11.7 Å². The average Bonchev–Trinajstić information content (AvgIpc) is 2.66. The van der Waals surface area contributed by atoms with Crippen LogP contribution in [0.2, 0.25) is 0 Å². The third kappa shape index (κ3) is 3.66. The van der Waals surface area contributed by atoms with Gasteiger partial charge < -0.3 is 4.74 Å². The van der Waals surface area contributed by atoms with Crippen LogP contribution in [0.15, 0.2) is 18.2 Å². The maximum atomic E-state index is 13.0. The van der Waals surface area contributed by atoms with Gasteiger partial charge >= 0.3 is 6.18 Å². The van der Waals surface area contributed by atoms with Gasteiger partial charge in [-0.15, -0.1) is 0 Å². The second-order valence-corrected chi connectivity index (χ2v) is 5.05. The van der Waals surface area contributed by atoms with Gasteiger partial charge in [0, 0.05) is 0 Å². The molecule has 1 aromatic rings. The van der Waals surface area contributed by atoms with E-state index in [4.69, 9.17) is 10.00 Å². The summed E-state index contributed by atoms with van der Waals surface area (Å²) in [6.45, 7) is 0. The zero-order chi connectivity index (χ0) is 14.6. The van der Waals surface area contributed by atoms with Crippen LogP contribution in [0.5, 0.6) is 5.75 Å². The van der Waals surface area contributed by atoms with Gasteiger partial charge in [-0.1, -0.05) is 12.8 Å². The Labute approximate surface area is 116 Å². The summed E-state index contributed by atoms with van der Waals surface area (Å²) in [5.41, 5.74) is -0.869. The summed E-state index contributed by atoms with van der Waals surface area (Å²) in [5.74, 6) is -0.164. The van der Waals surface area contributed by atoms with Crippen molar-refractivity contribution in [2.75, 3.05) is 0 Å². The molecule has 1 aromatic carbocycles. The first-order chi connectivity index (χ1) is 9.50. The highest BCUT2D eigenvalue weighted by molar-refractivity contribution is 5.43. The van der Waals surface area contributed by atoms with Gasteiger partial charge in [-0.2, -0.15) is 18.4 Å². The van der Waals surface area contributed by atoms with Gasteiger partial charge in [-0.3, -0.25) is 0 Å². The Morgan fingerprint density at radius 2 is 1.75 bits per heavy atom. The first kappa shape index (κ1) is 14.7. The van der Waals surface area contributed by atoms with Gasteiger partial charge in [-0.05, 0) is 43.9 Å². The van der Waals surface area contributed by atoms with E-state index in [0.29, 0.717) is 0 Å². The summed E-state index contributed by atoms with van der Waals surface area (Å²) >= 11 is 0. The van der Waals surface area contributed by atoms with Crippen LogP contribution in [0.3, 0.4) is 0 Å². The number of rotatable bonds is 2. The maximum absolute atomic E-state index is 13.0. The summed E-state index contributed by atoms with van der Waals surface area (Å²) in [7, 11) is 0. The van der Waals surface area contributed by atoms with Crippen LogP contribution in [-0.2, 0) is 6.18 Å². The van der Waals surface area contributed by atoms with Crippen LogP contribution in [0.1, 0.15) is 49.7 Å². The smallest absolute Gasteiger partial charge is 0.420 e. The fourth-order valence-corrected chi connectivity index (χ4v) is 2.46. The number of nitriles is 1. The predicted octanol–water partition coefficient (Wildman–Crippen LogP) is 4.68. The Morgan fingerprint density at radius 1 is 1.10 bits per heavy atom. The molecule has 0 saturated heterocycles. The summed E-state index contributed by atoms with van der Waals surface area (Å²) in [6, 6.07) is 5.20. The number of halogens is 3. The Balaban J connectivity index is 2.24. The zero-order valence-electron chi connectivity index (χ0n) is 11.0. The molecular formula is C15H16F3NO. The minimum atomic E-state index is -4.51. The Morgan fingerprint density at radius 3 is 2.30 bits per heavy atom. The van der Waals surface area contributed by atoms with Gasteiger partial charge in [0.2, 0.25) is 0 Å². The molecule has 0 bridgehead atoms. The molecule has 1 fully saturated rings. The third-order valence-corrected chi connectivity index (χ3v) is 3.51. The Hall–Kier alpha value is -1.70. The van der Waals surface area contributed by atoms with Gasteiger partial charge in [-0.25, -0.2) is 0 Å². The van der Waals surface area contributed by atoms with Crippen LogP contribution in [0.4, 0.5) is 13.2 Å². The zero-order valence-corrected chi connectivity index (χ0v) is 11.0. The van der Waals surface area contributed by atoms with Gasteiger partial charge in [0.05, 0.1) is 23.3 Å². The predicted molar refractivity (Wildman–Crippen MR) is 68.3 cm³/mol. The molecule has 108 valence electrons. The van der Waals surface area contributed by atoms with Crippen LogP contribution in [0.25, 0.3) is 0 Å². The molecule has 20 heavy (non-hydrogen) atoms. The van der Waals surface area contributed by atoms with E-state index in [0.717, 1.165) is 44.6 Å². The minimum absolute atomic E-state index is 0.00876. The van der Waals surface area contributed by atoms with E-state index in [-0.39, 0.29) is 17.4 Å². The molecule has 0 radical (unpaired) electrons. The van der Waals surface area contributed by atoms with Crippen molar-refractivity contribution >= 4 is 0 Å². The van der Waals surface area contributed by atoms with Crippen LogP contribution < -0.4 is 4.74 Å². The molecule has 2 nitrogen and oxygen atoms in total. The molecule has 0 atom stereocenters. The first-order valence-electron chi connectivity index (χ1n) is 6.78. The molecule has 1 saturated carbocycles. The van der Waals surface area contributed by atoms with Crippen molar-refractivity contribution in [3.63, 3.8) is 0 Å². The Bertz CT molecular complexity index is 497. The molecule has 0 aliphatic heterocycles. The number of hydrogen-bond acceptors (Lipinski definition) is 2. The van der Waals surface area contributed by atoms with Gasteiger partial charge in [0.25, 0.3) is 0 Å². The van der Waals surface area contributed by atoms with Crippen molar-refractivity contribution in [2.24, 2.45) is 0 Å². The average molecular weight is 283 g/mol. The lowest BCUT2D eigenvalue weighted by Gasteiger charge is -2.20. The van der Waals surface area contributed by atoms with Crippen molar-refractivity contribution in [3.05, 3.63) is 29.3 Å². The monoisotopic (exact) mass is 283 g/mol. The van der Waals surface area contributed by atoms with Crippen molar-refractivity contribution in [2.45, 2.75) is 50.8 Å². The highest BCUT2D eigenvalue weighted by Gasteiger charge is 2.35. The number of benzene rings is 1. The molecule has 0 unspecified atom stereocenters. The molecule has 0 spiro atoms. The van der Waals surface area contributed by atoms with Crippen molar-refractivity contribution in [1.29, 1.82) is 5.26 Å². The lowest BCUT2D eigenvalue weighted by Crippen LogP contribution is -2.18. The minimum Gasteiger partial charge on any atom is -0.490 e. The van der Waals surface area contributed by atoms with Crippen LogP contribution in [0, 0.1) is 11.3 Å². The molecule has 1 aliphatic carbocycles. The van der Waals surface area contributed by atoms with Crippen LogP contribution in [-0.4, -0.2) is 6.10 Å². The molecule has 1 aliphatic rings. The largest absolute Gasteiger partial charge is 0.490 e. The number of hydrogen-bond donors (Lipinski definition) is 0. The van der Waals surface area contributed by atoms with E-state index in [1.54, 1.807) is 6.07 Å². The van der Waals surface area contributed by atoms with Gasteiger partial charge in [0.15, 0.2) is 0 Å². The molecule has 2 rings (SSSR count). The molecule has 5 heteroatoms. The van der Waals surface area contributed by atoms with E-state index in [1.165, 1.54) is 12.1 Å². The van der Waals surface area contributed by atoms with E-state index in [9.17, 15) is 13.2 Å². The highest BCUT2D eigenvalue weighted by atomic mass is 19.4. The van der Waals surface area contributed by atoms with E-state index in [2.05, 4.69) is 0 Å². The first-order valence-corrected chi connectivity index (χ1v) is 6.78. The number of nitrogens with zero attached hydrogens (tertiary/aromatic N) is 1. The number of ether oxygens (including phenoxy) is 1. The lowest BCUT2D eigenvalue weighted by molar-refractivity contribution is -0.139. The Kier molecular flexibility index (Phi) is 4.53. The molecule has 0 heterocycles. The molecule has 0 amide bonds. The van der Waals surface area contributed by atoms with Crippen molar-refractivity contribution in [3.8, 4) is 11.8 Å². The van der Waals surface area contributed by atoms with E-state index in [1.807, 2.05) is 0 Å². The topological polar surface area (TPSA) is 33.0 Å². The summed E-state index contributed by atoms with van der Waals surface area (Å²) in [6.07, 6.45) is 1.11. The lowest BCUT2D eigenvalue weighted by atomic mass is 10.1. The normalized spacial score (nSPS) is 17.3. The number of alkyl halides is 3. The highest BCUT2D eigenvalue weighted by Crippen LogP contribution is 2.38. The third-order valence-electron chi connectivity index (χ3n) is 3.51. The standard InChI is InChI=1S/C15H16F3NO/c16-15(17,18)13-9-11(10-19)7-8-14(13)20-12-5-3-1-2-4-6-12/h7-9,12H,1-6H2. The summed E-state index contributed by atoms with van der Waals surface area (Å²) in [4.78, 5) is 0. The summed E-state index contributed by atoms with van der Waals surface area (Å²) < 4.78 is 44.6. The maximum Gasteiger partial charge on any atom is 0.420 e. The van der Waals surface area contributed by atoms with Crippen molar-refractivity contribution in [1.82, 2.24) is 0 Å². The fraction of sp³-hybridized carbons (Fsp3) is 0.533. The van der Waals surface area contributed by atoms with E-state index >= 15 is 0 Å². The van der Waals surface area contributed by atoms with Crippen molar-refractivity contribution < 1.29 is 17.9 Å². The van der Waals surface area contributed by atoms with Gasteiger partial charge in [0.1, 0.15) is 5.75 Å². The second kappa shape index (κ2) is 6.17. The molecular weight excluding hydrogens is 267 g/mol. The SMILES string of the molecule is N#Cc1ccc(OC2CCCCCC2)c(C(F)(F)F)c1. The summed E-state index contributed by atoms with van der Waals surface area (Å²) in [5, 5.41) is 8.72. The van der Waals surface area contributed by atoms with Crippen LogP contribution >= 0.6 is 0 Å². The molecule has 0 aromatic heterocycles. The molecule has 0 N–H and O–H groups in total. The quantitative estimate of drug-likeness (QED) is 0.738. The fourth-order valence-electron chi connectivity index (χ4n) is 2.46.